The lowest BCUT2D eigenvalue weighted by molar-refractivity contribution is -0.140. The Morgan fingerprint density at radius 3 is 1.97 bits per heavy atom. The molecule has 0 saturated carbocycles. The number of rotatable bonds is 6. The van der Waals surface area contributed by atoms with Gasteiger partial charge in [-0.05, 0) is 42.3 Å². The first-order valence-corrected chi connectivity index (χ1v) is 11.0. The normalized spacial score (nSPS) is 16.5. The SMILES string of the molecule is C[C@@H](Oc1ccccc1)C(=O)N1CCN([C@H](c2ccccc2)c2ccc(Cl)cc2)CC1. The quantitative estimate of drug-likeness (QED) is 0.544. The van der Waals surface area contributed by atoms with E-state index in [1.165, 1.54) is 11.1 Å². The Bertz CT molecular complexity index is 971. The van der Waals surface area contributed by atoms with Gasteiger partial charge in [0.1, 0.15) is 5.75 Å². The second-order valence-electron chi connectivity index (χ2n) is 7.80. The number of amides is 1. The van der Waals surface area contributed by atoms with Crippen molar-refractivity contribution in [3.63, 3.8) is 0 Å². The zero-order valence-electron chi connectivity index (χ0n) is 17.7. The van der Waals surface area contributed by atoms with E-state index < -0.39 is 6.10 Å². The zero-order chi connectivity index (χ0) is 21.6. The summed E-state index contributed by atoms with van der Waals surface area (Å²) in [5.74, 6) is 0.750. The van der Waals surface area contributed by atoms with Gasteiger partial charge in [0, 0.05) is 31.2 Å². The largest absolute Gasteiger partial charge is 0.481 e. The first-order valence-electron chi connectivity index (χ1n) is 10.7. The van der Waals surface area contributed by atoms with Crippen molar-refractivity contribution in [3.05, 3.63) is 101 Å². The minimum absolute atomic E-state index is 0.0336. The maximum absolute atomic E-state index is 12.9. The second-order valence-corrected chi connectivity index (χ2v) is 8.24. The van der Waals surface area contributed by atoms with E-state index in [9.17, 15) is 4.79 Å². The molecule has 31 heavy (non-hydrogen) atoms. The smallest absolute Gasteiger partial charge is 0.263 e. The van der Waals surface area contributed by atoms with Crippen LogP contribution in [0.2, 0.25) is 5.02 Å². The number of piperazine rings is 1. The molecule has 0 spiro atoms. The molecule has 5 heteroatoms. The Morgan fingerprint density at radius 2 is 1.35 bits per heavy atom. The third kappa shape index (κ3) is 5.27. The molecule has 3 aromatic carbocycles. The number of hydrogen-bond donors (Lipinski definition) is 0. The Labute approximate surface area is 189 Å². The molecule has 160 valence electrons. The summed E-state index contributed by atoms with van der Waals surface area (Å²) in [4.78, 5) is 17.3. The molecule has 4 nitrogen and oxygen atoms in total. The molecule has 0 radical (unpaired) electrons. The second kappa shape index (κ2) is 9.99. The molecule has 4 rings (SSSR count). The lowest BCUT2D eigenvalue weighted by atomic mass is 9.96. The van der Waals surface area contributed by atoms with E-state index in [1.54, 1.807) is 0 Å². The van der Waals surface area contributed by atoms with Gasteiger partial charge in [0.2, 0.25) is 0 Å². The zero-order valence-corrected chi connectivity index (χ0v) is 18.4. The summed E-state index contributed by atoms with van der Waals surface area (Å²) in [6.07, 6.45) is -0.505. The Kier molecular flexibility index (Phi) is 6.90. The van der Waals surface area contributed by atoms with E-state index in [2.05, 4.69) is 41.3 Å². The number of carbonyl (C=O) groups is 1. The summed E-state index contributed by atoms with van der Waals surface area (Å²) < 4.78 is 5.84. The molecule has 0 unspecified atom stereocenters. The summed E-state index contributed by atoms with van der Waals surface area (Å²) in [6, 6.07) is 28.2. The molecule has 2 atom stereocenters. The average Bonchev–Trinajstić information content (AvgIpc) is 2.82. The van der Waals surface area contributed by atoms with Gasteiger partial charge in [-0.25, -0.2) is 0 Å². The highest BCUT2D eigenvalue weighted by Gasteiger charge is 2.30. The topological polar surface area (TPSA) is 32.8 Å². The molecule has 1 saturated heterocycles. The highest BCUT2D eigenvalue weighted by Crippen LogP contribution is 2.30. The molecule has 0 aromatic heterocycles. The predicted octanol–water partition coefficient (Wildman–Crippen LogP) is 5.04. The van der Waals surface area contributed by atoms with Gasteiger partial charge >= 0.3 is 0 Å². The van der Waals surface area contributed by atoms with Gasteiger partial charge in [-0.3, -0.25) is 9.69 Å². The van der Waals surface area contributed by atoms with Crippen LogP contribution < -0.4 is 4.74 Å². The minimum Gasteiger partial charge on any atom is -0.481 e. The molecule has 1 heterocycles. The van der Waals surface area contributed by atoms with Gasteiger partial charge in [0.25, 0.3) is 5.91 Å². The van der Waals surface area contributed by atoms with Gasteiger partial charge in [0.15, 0.2) is 6.10 Å². The average molecular weight is 435 g/mol. The molecule has 1 amide bonds. The summed E-state index contributed by atoms with van der Waals surface area (Å²) in [5, 5.41) is 0.735. The van der Waals surface area contributed by atoms with Gasteiger partial charge in [0.05, 0.1) is 6.04 Å². The number of halogens is 1. The fourth-order valence-electron chi connectivity index (χ4n) is 4.11. The van der Waals surface area contributed by atoms with Crippen LogP contribution >= 0.6 is 11.6 Å². The van der Waals surface area contributed by atoms with Crippen LogP contribution in [0.4, 0.5) is 0 Å². The predicted molar refractivity (Wildman–Crippen MR) is 124 cm³/mol. The van der Waals surface area contributed by atoms with E-state index in [4.69, 9.17) is 16.3 Å². The first kappa shape index (κ1) is 21.4. The van der Waals surface area contributed by atoms with Gasteiger partial charge in [-0.1, -0.05) is 72.3 Å². The molecular weight excluding hydrogens is 408 g/mol. The number of para-hydroxylation sites is 1. The molecule has 1 aliphatic rings. The van der Waals surface area contributed by atoms with Crippen LogP contribution in [0.3, 0.4) is 0 Å². The molecule has 0 bridgehead atoms. The number of ether oxygens (including phenoxy) is 1. The lowest BCUT2D eigenvalue weighted by Crippen LogP contribution is -2.52. The number of nitrogens with zero attached hydrogens (tertiary/aromatic N) is 2. The Balaban J connectivity index is 1.44. The van der Waals surface area contributed by atoms with Gasteiger partial charge in [-0.2, -0.15) is 0 Å². The summed E-state index contributed by atoms with van der Waals surface area (Å²) >= 11 is 6.12. The third-order valence-corrected chi connectivity index (χ3v) is 5.95. The Morgan fingerprint density at radius 1 is 0.806 bits per heavy atom. The fraction of sp³-hybridized carbons (Fsp3) is 0.269. The van der Waals surface area contributed by atoms with Crippen LogP contribution in [0.1, 0.15) is 24.1 Å². The standard InChI is InChI=1S/C26H27ClN2O2/c1-20(31-24-10-6-3-7-11-24)26(30)29-18-16-28(17-19-29)25(21-8-4-2-5-9-21)22-12-14-23(27)15-13-22/h2-15,20,25H,16-19H2,1H3/t20-,25-/m1/s1. The number of benzene rings is 3. The van der Waals surface area contributed by atoms with Crippen LogP contribution in [0.5, 0.6) is 5.75 Å². The summed E-state index contributed by atoms with van der Waals surface area (Å²) in [6.45, 7) is 4.77. The van der Waals surface area contributed by atoms with Crippen molar-refractivity contribution in [3.8, 4) is 5.75 Å². The van der Waals surface area contributed by atoms with Crippen molar-refractivity contribution in [2.45, 2.75) is 19.1 Å². The van der Waals surface area contributed by atoms with E-state index in [-0.39, 0.29) is 11.9 Å². The van der Waals surface area contributed by atoms with Crippen molar-refractivity contribution in [2.75, 3.05) is 26.2 Å². The van der Waals surface area contributed by atoms with Gasteiger partial charge < -0.3 is 9.64 Å². The van der Waals surface area contributed by atoms with Gasteiger partial charge in [-0.15, -0.1) is 0 Å². The molecule has 1 aliphatic heterocycles. The van der Waals surface area contributed by atoms with Crippen molar-refractivity contribution >= 4 is 17.5 Å². The first-order chi connectivity index (χ1) is 15.1. The molecule has 0 N–H and O–H groups in total. The fourth-order valence-corrected chi connectivity index (χ4v) is 4.23. The van der Waals surface area contributed by atoms with Crippen LogP contribution in [-0.4, -0.2) is 48.0 Å². The van der Waals surface area contributed by atoms with Crippen LogP contribution in [0.25, 0.3) is 0 Å². The van der Waals surface area contributed by atoms with Crippen molar-refractivity contribution in [2.24, 2.45) is 0 Å². The van der Waals surface area contributed by atoms with E-state index in [0.29, 0.717) is 18.8 Å². The maximum atomic E-state index is 12.9. The highest BCUT2D eigenvalue weighted by atomic mass is 35.5. The number of hydrogen-bond acceptors (Lipinski definition) is 3. The van der Waals surface area contributed by atoms with Crippen LogP contribution in [0.15, 0.2) is 84.9 Å². The summed E-state index contributed by atoms with van der Waals surface area (Å²) in [7, 11) is 0. The van der Waals surface area contributed by atoms with E-state index >= 15 is 0 Å². The number of carbonyl (C=O) groups excluding carboxylic acids is 1. The van der Waals surface area contributed by atoms with Crippen LogP contribution in [-0.2, 0) is 4.79 Å². The van der Waals surface area contributed by atoms with Crippen molar-refractivity contribution in [1.29, 1.82) is 0 Å². The summed E-state index contributed by atoms with van der Waals surface area (Å²) in [5.41, 5.74) is 2.45. The molecule has 3 aromatic rings. The minimum atomic E-state index is -0.505. The van der Waals surface area contributed by atoms with E-state index in [0.717, 1.165) is 18.1 Å². The maximum Gasteiger partial charge on any atom is 0.263 e. The van der Waals surface area contributed by atoms with Crippen molar-refractivity contribution < 1.29 is 9.53 Å². The highest BCUT2D eigenvalue weighted by molar-refractivity contribution is 6.30. The molecular formula is C26H27ClN2O2. The lowest BCUT2D eigenvalue weighted by Gasteiger charge is -2.40. The third-order valence-electron chi connectivity index (χ3n) is 5.70. The molecule has 0 aliphatic carbocycles. The monoisotopic (exact) mass is 434 g/mol. The Hall–Kier alpha value is -2.82. The van der Waals surface area contributed by atoms with Crippen molar-refractivity contribution in [1.82, 2.24) is 9.80 Å². The van der Waals surface area contributed by atoms with E-state index in [1.807, 2.05) is 60.4 Å². The molecule has 1 fully saturated rings. The van der Waals surface area contributed by atoms with Crippen LogP contribution in [0, 0.1) is 0 Å².